The minimum Gasteiger partial charge on any atom is -0.377 e. The normalized spacial score (nSPS) is 21.4. The zero-order valence-electron chi connectivity index (χ0n) is 9.87. The number of hydrogen-bond acceptors (Lipinski definition) is 4. The summed E-state index contributed by atoms with van der Waals surface area (Å²) >= 11 is 0. The van der Waals surface area contributed by atoms with Gasteiger partial charge in [-0.1, -0.05) is 6.92 Å². The highest BCUT2D eigenvalue weighted by Crippen LogP contribution is 2.13. The lowest BCUT2D eigenvalue weighted by molar-refractivity contribution is 0.127. The standard InChI is InChI=1S/C10H22N2O3S/c1-2-5-11-6-7-12-16(13,14)9-10-4-3-8-15-10/h10-12H,2-9H2,1H3. The Morgan fingerprint density at radius 1 is 1.31 bits per heavy atom. The molecule has 0 radical (unpaired) electrons. The third-order valence-corrected chi connectivity index (χ3v) is 3.93. The van der Waals surface area contributed by atoms with Crippen LogP contribution in [-0.2, 0) is 14.8 Å². The summed E-state index contributed by atoms with van der Waals surface area (Å²) in [5, 5.41) is 3.14. The second kappa shape index (κ2) is 7.21. The van der Waals surface area contributed by atoms with E-state index in [1.165, 1.54) is 0 Å². The van der Waals surface area contributed by atoms with E-state index >= 15 is 0 Å². The fourth-order valence-corrected chi connectivity index (χ4v) is 2.96. The molecule has 0 spiro atoms. The molecule has 0 saturated carbocycles. The van der Waals surface area contributed by atoms with Crippen molar-refractivity contribution in [2.24, 2.45) is 0 Å². The Hall–Kier alpha value is -0.170. The first-order chi connectivity index (χ1) is 7.64. The van der Waals surface area contributed by atoms with E-state index in [1.54, 1.807) is 0 Å². The summed E-state index contributed by atoms with van der Waals surface area (Å²) in [7, 11) is -3.17. The molecule has 16 heavy (non-hydrogen) atoms. The minimum atomic E-state index is -3.17. The maximum Gasteiger partial charge on any atom is 0.214 e. The molecule has 0 amide bonds. The van der Waals surface area contributed by atoms with Gasteiger partial charge in [-0.2, -0.15) is 0 Å². The average Bonchev–Trinajstić information content (AvgIpc) is 2.69. The third-order valence-electron chi connectivity index (χ3n) is 2.48. The molecule has 1 saturated heterocycles. The predicted octanol–water partition coefficient (Wildman–Crippen LogP) is 0.0844. The number of sulfonamides is 1. The van der Waals surface area contributed by atoms with E-state index in [1.807, 2.05) is 0 Å². The molecule has 1 fully saturated rings. The van der Waals surface area contributed by atoms with E-state index < -0.39 is 10.0 Å². The van der Waals surface area contributed by atoms with Gasteiger partial charge in [0, 0.05) is 19.7 Å². The maximum absolute atomic E-state index is 11.6. The van der Waals surface area contributed by atoms with Crippen molar-refractivity contribution in [3.05, 3.63) is 0 Å². The van der Waals surface area contributed by atoms with Crippen molar-refractivity contribution in [1.82, 2.24) is 10.0 Å². The lowest BCUT2D eigenvalue weighted by atomic mass is 10.3. The molecule has 1 aliphatic rings. The number of rotatable bonds is 8. The van der Waals surface area contributed by atoms with E-state index in [2.05, 4.69) is 17.0 Å². The van der Waals surface area contributed by atoms with Gasteiger partial charge in [-0.15, -0.1) is 0 Å². The topological polar surface area (TPSA) is 67.4 Å². The molecule has 0 aromatic heterocycles. The first kappa shape index (κ1) is 13.9. The van der Waals surface area contributed by atoms with Gasteiger partial charge in [-0.05, 0) is 25.8 Å². The summed E-state index contributed by atoms with van der Waals surface area (Å²) < 4.78 is 31.1. The maximum atomic E-state index is 11.6. The van der Waals surface area contributed by atoms with Crippen LogP contribution in [0.4, 0.5) is 0 Å². The summed E-state index contributed by atoms with van der Waals surface area (Å²) in [5.41, 5.74) is 0. The number of nitrogens with one attached hydrogen (secondary N) is 2. The third kappa shape index (κ3) is 5.79. The fourth-order valence-electron chi connectivity index (χ4n) is 1.68. The Labute approximate surface area is 98.0 Å². The average molecular weight is 250 g/mol. The van der Waals surface area contributed by atoms with Gasteiger partial charge in [0.15, 0.2) is 0 Å². The van der Waals surface area contributed by atoms with Gasteiger partial charge in [0.1, 0.15) is 0 Å². The van der Waals surface area contributed by atoms with Crippen LogP contribution in [-0.4, -0.2) is 46.5 Å². The summed E-state index contributed by atoms with van der Waals surface area (Å²) in [6.07, 6.45) is 2.77. The van der Waals surface area contributed by atoms with Gasteiger partial charge in [0.05, 0.1) is 11.9 Å². The molecule has 0 bridgehead atoms. The van der Waals surface area contributed by atoms with E-state index in [0.717, 1.165) is 25.8 Å². The molecule has 2 N–H and O–H groups in total. The fraction of sp³-hybridized carbons (Fsp3) is 1.00. The van der Waals surface area contributed by atoms with Crippen LogP contribution in [0.5, 0.6) is 0 Å². The number of ether oxygens (including phenoxy) is 1. The Kier molecular flexibility index (Phi) is 6.26. The quantitative estimate of drug-likeness (QED) is 0.599. The second-order valence-corrected chi connectivity index (χ2v) is 5.91. The molecular formula is C10H22N2O3S. The van der Waals surface area contributed by atoms with Crippen molar-refractivity contribution in [2.45, 2.75) is 32.3 Å². The molecule has 0 aromatic rings. The van der Waals surface area contributed by atoms with E-state index in [9.17, 15) is 8.42 Å². The first-order valence-electron chi connectivity index (χ1n) is 5.93. The van der Waals surface area contributed by atoms with Gasteiger partial charge in [-0.25, -0.2) is 13.1 Å². The second-order valence-electron chi connectivity index (χ2n) is 4.06. The van der Waals surface area contributed by atoms with Crippen LogP contribution in [0.25, 0.3) is 0 Å². The minimum absolute atomic E-state index is 0.0980. The van der Waals surface area contributed by atoms with E-state index in [4.69, 9.17) is 4.74 Å². The van der Waals surface area contributed by atoms with Gasteiger partial charge in [0.25, 0.3) is 0 Å². The molecule has 1 aliphatic heterocycles. The van der Waals surface area contributed by atoms with Crippen molar-refractivity contribution in [1.29, 1.82) is 0 Å². The highest BCUT2D eigenvalue weighted by atomic mass is 32.2. The monoisotopic (exact) mass is 250 g/mol. The van der Waals surface area contributed by atoms with Gasteiger partial charge < -0.3 is 10.1 Å². The zero-order valence-corrected chi connectivity index (χ0v) is 10.7. The Morgan fingerprint density at radius 3 is 2.75 bits per heavy atom. The highest BCUT2D eigenvalue weighted by Gasteiger charge is 2.22. The molecule has 1 unspecified atom stereocenters. The van der Waals surface area contributed by atoms with Crippen LogP contribution in [0.3, 0.4) is 0 Å². The van der Waals surface area contributed by atoms with Crippen LogP contribution in [0.15, 0.2) is 0 Å². The van der Waals surface area contributed by atoms with Crippen molar-refractivity contribution in [3.8, 4) is 0 Å². The zero-order chi connectivity index (χ0) is 11.9. The molecule has 96 valence electrons. The SMILES string of the molecule is CCCNCCNS(=O)(=O)CC1CCCO1. The Bertz CT molecular complexity index is 274. The molecule has 1 atom stereocenters. The van der Waals surface area contributed by atoms with Crippen molar-refractivity contribution in [3.63, 3.8) is 0 Å². The number of hydrogen-bond donors (Lipinski definition) is 2. The van der Waals surface area contributed by atoms with Crippen LogP contribution in [0.2, 0.25) is 0 Å². The molecular weight excluding hydrogens is 228 g/mol. The Morgan fingerprint density at radius 2 is 2.12 bits per heavy atom. The van der Waals surface area contributed by atoms with Crippen LogP contribution >= 0.6 is 0 Å². The van der Waals surface area contributed by atoms with Crippen molar-refractivity contribution in [2.75, 3.05) is 32.0 Å². The van der Waals surface area contributed by atoms with Crippen LogP contribution in [0, 0.1) is 0 Å². The van der Waals surface area contributed by atoms with Gasteiger partial charge in [0.2, 0.25) is 10.0 Å². The van der Waals surface area contributed by atoms with Crippen molar-refractivity contribution < 1.29 is 13.2 Å². The molecule has 1 heterocycles. The van der Waals surface area contributed by atoms with Crippen LogP contribution in [0.1, 0.15) is 26.2 Å². The highest BCUT2D eigenvalue weighted by molar-refractivity contribution is 7.89. The first-order valence-corrected chi connectivity index (χ1v) is 7.59. The molecule has 6 heteroatoms. The van der Waals surface area contributed by atoms with E-state index in [0.29, 0.717) is 19.7 Å². The van der Waals surface area contributed by atoms with Crippen molar-refractivity contribution >= 4 is 10.0 Å². The molecule has 5 nitrogen and oxygen atoms in total. The summed E-state index contributed by atoms with van der Waals surface area (Å²) in [6, 6.07) is 0. The van der Waals surface area contributed by atoms with Gasteiger partial charge >= 0.3 is 0 Å². The summed E-state index contributed by atoms with van der Waals surface area (Å²) in [5.74, 6) is 0.0980. The largest absolute Gasteiger partial charge is 0.377 e. The lowest BCUT2D eigenvalue weighted by Crippen LogP contribution is -2.36. The smallest absolute Gasteiger partial charge is 0.214 e. The molecule has 0 aliphatic carbocycles. The Balaban J connectivity index is 2.13. The van der Waals surface area contributed by atoms with E-state index in [-0.39, 0.29) is 11.9 Å². The summed E-state index contributed by atoms with van der Waals surface area (Å²) in [6.45, 7) is 4.83. The van der Waals surface area contributed by atoms with Crippen LogP contribution < -0.4 is 10.0 Å². The molecule has 1 rings (SSSR count). The predicted molar refractivity (Wildman–Crippen MR) is 63.9 cm³/mol. The lowest BCUT2D eigenvalue weighted by Gasteiger charge is -2.11. The van der Waals surface area contributed by atoms with Gasteiger partial charge in [-0.3, -0.25) is 0 Å². The molecule has 0 aromatic carbocycles. The summed E-state index contributed by atoms with van der Waals surface area (Å²) in [4.78, 5) is 0.